The van der Waals surface area contributed by atoms with Crippen LogP contribution in [0.15, 0.2) is 48.1 Å². The minimum atomic E-state index is -0.429. The number of urea groups is 1. The molecule has 6 nitrogen and oxygen atoms in total. The maximum Gasteiger partial charge on any atom is 0.326 e. The molecule has 0 aliphatic rings. The Morgan fingerprint density at radius 3 is 2.59 bits per heavy atom. The van der Waals surface area contributed by atoms with Crippen molar-refractivity contribution < 1.29 is 4.79 Å². The van der Waals surface area contributed by atoms with Crippen LogP contribution in [0.25, 0.3) is 10.6 Å². The van der Waals surface area contributed by atoms with Crippen molar-refractivity contribution in [1.29, 1.82) is 0 Å². The average molecular weight is 332 g/mol. The second-order valence-electron chi connectivity index (χ2n) is 4.20. The van der Waals surface area contributed by atoms with Gasteiger partial charge in [-0.25, -0.2) is 14.8 Å². The molecule has 0 spiro atoms. The summed E-state index contributed by atoms with van der Waals surface area (Å²) >= 11 is 7.20. The first kappa shape index (κ1) is 14.4. The van der Waals surface area contributed by atoms with Crippen molar-refractivity contribution in [2.45, 2.75) is 0 Å². The van der Waals surface area contributed by atoms with Gasteiger partial charge < -0.3 is 0 Å². The number of carbonyl (C=O) groups excluding carboxylic acids is 1. The molecular formula is C14H10ClN5OS. The summed E-state index contributed by atoms with van der Waals surface area (Å²) < 4.78 is 0. The topological polar surface area (TPSA) is 79.8 Å². The third kappa shape index (κ3) is 3.57. The number of amides is 2. The summed E-state index contributed by atoms with van der Waals surface area (Å²) in [5.41, 5.74) is 0.949. The maximum atomic E-state index is 11.9. The molecule has 8 heteroatoms. The summed E-state index contributed by atoms with van der Waals surface area (Å²) in [4.78, 5) is 24.2. The van der Waals surface area contributed by atoms with Crippen molar-refractivity contribution in [3.63, 3.8) is 0 Å². The van der Waals surface area contributed by atoms with E-state index in [0.717, 1.165) is 10.6 Å². The highest BCUT2D eigenvalue weighted by Gasteiger charge is 2.08. The van der Waals surface area contributed by atoms with Crippen LogP contribution < -0.4 is 10.6 Å². The normalized spacial score (nSPS) is 10.2. The Kier molecular flexibility index (Phi) is 4.27. The van der Waals surface area contributed by atoms with Gasteiger partial charge in [-0.1, -0.05) is 17.7 Å². The highest BCUT2D eigenvalue weighted by Crippen LogP contribution is 2.25. The number of aromatic nitrogens is 3. The monoisotopic (exact) mass is 331 g/mol. The molecule has 0 fully saturated rings. The summed E-state index contributed by atoms with van der Waals surface area (Å²) in [7, 11) is 0. The van der Waals surface area contributed by atoms with Crippen molar-refractivity contribution in [2.24, 2.45) is 0 Å². The third-order valence-electron chi connectivity index (χ3n) is 2.63. The fourth-order valence-corrected chi connectivity index (χ4v) is 2.62. The van der Waals surface area contributed by atoms with Crippen LogP contribution in [0.1, 0.15) is 0 Å². The van der Waals surface area contributed by atoms with Gasteiger partial charge in [0.15, 0.2) is 0 Å². The summed E-state index contributed by atoms with van der Waals surface area (Å²) in [6, 6.07) is 8.27. The fraction of sp³-hybridized carbons (Fsp3) is 0. The predicted octanol–water partition coefficient (Wildman–Crippen LogP) is 3.90. The van der Waals surface area contributed by atoms with Crippen molar-refractivity contribution in [3.05, 3.63) is 53.3 Å². The molecule has 0 saturated carbocycles. The average Bonchev–Trinajstić information content (AvgIpc) is 2.96. The number of hydrogen-bond acceptors (Lipinski definition) is 5. The van der Waals surface area contributed by atoms with Crippen LogP contribution in [0.2, 0.25) is 5.15 Å². The number of carbonyl (C=O) groups is 1. The Balaban J connectivity index is 1.66. The molecule has 0 aliphatic heterocycles. The minimum absolute atomic E-state index is 0.312. The van der Waals surface area contributed by atoms with Gasteiger partial charge in [-0.3, -0.25) is 15.6 Å². The molecule has 0 unspecified atom stereocenters. The van der Waals surface area contributed by atoms with E-state index in [0.29, 0.717) is 16.8 Å². The zero-order valence-corrected chi connectivity index (χ0v) is 12.7. The largest absolute Gasteiger partial charge is 0.326 e. The number of pyridine rings is 2. The Morgan fingerprint density at radius 2 is 1.82 bits per heavy atom. The lowest BCUT2D eigenvalue weighted by Crippen LogP contribution is -2.20. The van der Waals surface area contributed by atoms with Gasteiger partial charge in [0.2, 0.25) is 0 Å². The van der Waals surface area contributed by atoms with Gasteiger partial charge in [0, 0.05) is 23.3 Å². The number of halogens is 1. The van der Waals surface area contributed by atoms with E-state index < -0.39 is 6.03 Å². The lowest BCUT2D eigenvalue weighted by molar-refractivity contribution is 0.262. The number of hydrogen-bond donors (Lipinski definition) is 2. The summed E-state index contributed by atoms with van der Waals surface area (Å²) in [6.07, 6.45) is 3.39. The van der Waals surface area contributed by atoms with E-state index in [1.807, 2.05) is 12.1 Å². The van der Waals surface area contributed by atoms with E-state index in [1.54, 1.807) is 36.0 Å². The second kappa shape index (κ2) is 6.50. The quantitative estimate of drug-likeness (QED) is 0.713. The van der Waals surface area contributed by atoms with Gasteiger partial charge in [-0.2, -0.15) is 0 Å². The number of nitrogens with one attached hydrogen (secondary N) is 2. The van der Waals surface area contributed by atoms with Crippen molar-refractivity contribution >= 4 is 40.6 Å². The second-order valence-corrected chi connectivity index (χ2v) is 5.44. The molecule has 2 amide bonds. The number of thiazole rings is 1. The van der Waals surface area contributed by atoms with Crippen LogP contribution in [-0.2, 0) is 0 Å². The highest BCUT2D eigenvalue weighted by atomic mass is 35.5. The van der Waals surface area contributed by atoms with Crippen LogP contribution >= 0.6 is 22.9 Å². The first-order valence-electron chi connectivity index (χ1n) is 6.27. The van der Waals surface area contributed by atoms with Crippen LogP contribution in [0.4, 0.5) is 16.4 Å². The molecule has 0 aliphatic carbocycles. The van der Waals surface area contributed by atoms with Crippen molar-refractivity contribution in [3.8, 4) is 10.6 Å². The molecule has 22 heavy (non-hydrogen) atoms. The molecule has 3 aromatic heterocycles. The molecule has 110 valence electrons. The number of nitrogens with zero attached hydrogens (tertiary/aromatic N) is 3. The Bertz CT molecular complexity index is 793. The SMILES string of the molecule is O=C(Nc1cccc(Cl)n1)Nc1csc(-c2ccncc2)n1. The molecule has 2 N–H and O–H groups in total. The van der Waals surface area contributed by atoms with Gasteiger partial charge in [-0.05, 0) is 24.3 Å². The lowest BCUT2D eigenvalue weighted by atomic mass is 10.3. The van der Waals surface area contributed by atoms with E-state index in [1.165, 1.54) is 11.3 Å². The molecular weight excluding hydrogens is 322 g/mol. The first-order chi connectivity index (χ1) is 10.7. The van der Waals surface area contributed by atoms with Crippen LogP contribution in [-0.4, -0.2) is 21.0 Å². The number of anilines is 2. The zero-order valence-electron chi connectivity index (χ0n) is 11.2. The Morgan fingerprint density at radius 1 is 1.05 bits per heavy atom. The summed E-state index contributed by atoms with van der Waals surface area (Å²) in [6.45, 7) is 0. The smallest absolute Gasteiger partial charge is 0.292 e. The van der Waals surface area contributed by atoms with Gasteiger partial charge in [0.1, 0.15) is 21.8 Å². The lowest BCUT2D eigenvalue weighted by Gasteiger charge is -2.04. The van der Waals surface area contributed by atoms with Gasteiger partial charge in [0.25, 0.3) is 0 Å². The standard InChI is InChI=1S/C14H10ClN5OS/c15-10-2-1-3-11(17-10)19-14(21)20-12-8-22-13(18-12)9-4-6-16-7-5-9/h1-8H,(H2,17,19,20,21). The maximum absolute atomic E-state index is 11.9. The molecule has 3 aromatic rings. The Hall–Kier alpha value is -2.51. The molecule has 3 rings (SSSR count). The van der Waals surface area contributed by atoms with E-state index in [9.17, 15) is 4.79 Å². The summed E-state index contributed by atoms with van der Waals surface area (Å²) in [5.74, 6) is 0.839. The highest BCUT2D eigenvalue weighted by molar-refractivity contribution is 7.13. The van der Waals surface area contributed by atoms with Gasteiger partial charge in [-0.15, -0.1) is 11.3 Å². The molecule has 0 radical (unpaired) electrons. The van der Waals surface area contributed by atoms with Crippen molar-refractivity contribution in [1.82, 2.24) is 15.0 Å². The zero-order chi connectivity index (χ0) is 15.4. The Labute approximate surface area is 135 Å². The molecule has 0 atom stereocenters. The van der Waals surface area contributed by atoms with E-state index in [2.05, 4.69) is 25.6 Å². The predicted molar refractivity (Wildman–Crippen MR) is 87.2 cm³/mol. The third-order valence-corrected chi connectivity index (χ3v) is 3.73. The fourth-order valence-electron chi connectivity index (χ4n) is 1.70. The van der Waals surface area contributed by atoms with Gasteiger partial charge >= 0.3 is 6.03 Å². The molecule has 0 bridgehead atoms. The van der Waals surface area contributed by atoms with Crippen LogP contribution in [0.3, 0.4) is 0 Å². The number of rotatable bonds is 3. The van der Waals surface area contributed by atoms with Crippen LogP contribution in [0.5, 0.6) is 0 Å². The first-order valence-corrected chi connectivity index (χ1v) is 7.53. The molecule has 3 heterocycles. The van der Waals surface area contributed by atoms with Crippen LogP contribution in [0, 0.1) is 0 Å². The van der Waals surface area contributed by atoms with Crippen molar-refractivity contribution in [2.75, 3.05) is 10.6 Å². The minimum Gasteiger partial charge on any atom is -0.292 e. The van der Waals surface area contributed by atoms with E-state index in [-0.39, 0.29) is 0 Å². The van der Waals surface area contributed by atoms with E-state index in [4.69, 9.17) is 11.6 Å². The molecule has 0 saturated heterocycles. The van der Waals surface area contributed by atoms with Gasteiger partial charge in [0.05, 0.1) is 0 Å². The van der Waals surface area contributed by atoms with E-state index >= 15 is 0 Å². The molecule has 0 aromatic carbocycles. The summed E-state index contributed by atoms with van der Waals surface area (Å²) in [5, 5.41) is 8.12.